The summed E-state index contributed by atoms with van der Waals surface area (Å²) < 4.78 is 5.61. The normalized spacial score (nSPS) is 16.2. The second-order valence-corrected chi connectivity index (χ2v) is 6.99. The molecule has 1 amide bonds. The summed E-state index contributed by atoms with van der Waals surface area (Å²) in [4.78, 5) is 28.2. The van der Waals surface area contributed by atoms with Gasteiger partial charge in [0.25, 0.3) is 11.5 Å². The van der Waals surface area contributed by atoms with Crippen LogP contribution < -0.4 is 16.2 Å². The molecule has 4 rings (SSSR count). The molecule has 3 aromatic rings. The molecule has 152 valence electrons. The summed E-state index contributed by atoms with van der Waals surface area (Å²) in [6, 6.07) is 14.9. The van der Waals surface area contributed by atoms with Crippen molar-refractivity contribution in [3.63, 3.8) is 0 Å². The zero-order valence-corrected chi connectivity index (χ0v) is 17.0. The third-order valence-electron chi connectivity index (χ3n) is 5.09. The van der Waals surface area contributed by atoms with Crippen molar-refractivity contribution in [3.8, 4) is 11.1 Å². The number of carbonyl (C=O) groups excluding carboxylic acids is 1. The Morgan fingerprint density at radius 3 is 2.83 bits per heavy atom. The zero-order valence-electron chi connectivity index (χ0n) is 16.2. The third kappa shape index (κ3) is 4.50. The highest BCUT2D eigenvalue weighted by atomic mass is 35.5. The van der Waals surface area contributed by atoms with Crippen molar-refractivity contribution in [2.75, 3.05) is 26.2 Å². The number of aromatic amines is 1. The molecule has 1 fully saturated rings. The smallest absolute Gasteiger partial charge is 0.256 e. The van der Waals surface area contributed by atoms with E-state index in [2.05, 4.69) is 15.6 Å². The number of carbonyl (C=O) groups is 1. The molecule has 6 nitrogen and oxygen atoms in total. The number of nitrogens with one attached hydrogen (secondary N) is 3. The highest BCUT2D eigenvalue weighted by Crippen LogP contribution is 2.25. The average molecular weight is 414 g/mol. The van der Waals surface area contributed by atoms with E-state index < -0.39 is 0 Å². The number of amides is 1. The lowest BCUT2D eigenvalue weighted by atomic mass is 9.97. The van der Waals surface area contributed by atoms with Crippen molar-refractivity contribution in [1.82, 2.24) is 15.6 Å². The number of hydrogen-bond acceptors (Lipinski definition) is 4. The summed E-state index contributed by atoms with van der Waals surface area (Å²) >= 11 is 0. The maximum Gasteiger partial charge on any atom is 0.256 e. The molecule has 1 aliphatic heterocycles. The van der Waals surface area contributed by atoms with Crippen LogP contribution in [0.4, 0.5) is 0 Å². The lowest BCUT2D eigenvalue weighted by Crippen LogP contribution is -2.45. The Kier molecular flexibility index (Phi) is 6.69. The molecule has 0 bridgehead atoms. The quantitative estimate of drug-likeness (QED) is 0.614. The van der Waals surface area contributed by atoms with E-state index in [4.69, 9.17) is 4.74 Å². The summed E-state index contributed by atoms with van der Waals surface area (Å²) in [6.45, 7) is 4.61. The predicted molar refractivity (Wildman–Crippen MR) is 117 cm³/mol. The number of benzene rings is 2. The summed E-state index contributed by atoms with van der Waals surface area (Å²) in [6.07, 6.45) is -0.0218. The molecule has 0 spiro atoms. The van der Waals surface area contributed by atoms with Gasteiger partial charge in [0.1, 0.15) is 0 Å². The summed E-state index contributed by atoms with van der Waals surface area (Å²) in [7, 11) is 0. The van der Waals surface area contributed by atoms with Crippen LogP contribution >= 0.6 is 12.4 Å². The fraction of sp³-hybridized carbons (Fsp3) is 0.273. The number of rotatable bonds is 4. The number of fused-ring (bicyclic) bond motifs is 1. The molecule has 0 radical (unpaired) electrons. The van der Waals surface area contributed by atoms with E-state index in [9.17, 15) is 9.59 Å². The molecule has 1 saturated heterocycles. The van der Waals surface area contributed by atoms with Crippen LogP contribution in [0.25, 0.3) is 22.0 Å². The lowest BCUT2D eigenvalue weighted by Gasteiger charge is -2.23. The number of aromatic nitrogens is 1. The van der Waals surface area contributed by atoms with Gasteiger partial charge >= 0.3 is 0 Å². The van der Waals surface area contributed by atoms with Crippen LogP contribution in [0.1, 0.15) is 15.9 Å². The van der Waals surface area contributed by atoms with Crippen LogP contribution in [-0.4, -0.2) is 43.2 Å². The van der Waals surface area contributed by atoms with Gasteiger partial charge in [0.2, 0.25) is 0 Å². The van der Waals surface area contributed by atoms with Gasteiger partial charge in [-0.15, -0.1) is 12.4 Å². The highest BCUT2D eigenvalue weighted by molar-refractivity contribution is 5.96. The van der Waals surface area contributed by atoms with Crippen LogP contribution in [0.3, 0.4) is 0 Å². The fourth-order valence-corrected chi connectivity index (χ4v) is 3.63. The van der Waals surface area contributed by atoms with E-state index in [1.165, 1.54) is 0 Å². The van der Waals surface area contributed by atoms with E-state index in [1.807, 2.05) is 37.3 Å². The maximum atomic E-state index is 12.7. The van der Waals surface area contributed by atoms with E-state index in [0.717, 1.165) is 35.1 Å². The Balaban J connectivity index is 0.00000240. The van der Waals surface area contributed by atoms with E-state index in [0.29, 0.717) is 24.3 Å². The van der Waals surface area contributed by atoms with Crippen molar-refractivity contribution < 1.29 is 9.53 Å². The zero-order chi connectivity index (χ0) is 19.5. The van der Waals surface area contributed by atoms with Gasteiger partial charge in [-0.2, -0.15) is 0 Å². The molecular weight excluding hydrogens is 390 g/mol. The molecule has 3 N–H and O–H groups in total. The summed E-state index contributed by atoms with van der Waals surface area (Å²) in [5.74, 6) is -0.175. The highest BCUT2D eigenvalue weighted by Gasteiger charge is 2.16. The van der Waals surface area contributed by atoms with Gasteiger partial charge < -0.3 is 20.4 Å². The van der Waals surface area contributed by atoms with Gasteiger partial charge in [0.05, 0.1) is 18.3 Å². The average Bonchev–Trinajstić information content (AvgIpc) is 2.73. The monoisotopic (exact) mass is 413 g/mol. The first-order chi connectivity index (χ1) is 13.6. The molecule has 2 heterocycles. The van der Waals surface area contributed by atoms with E-state index in [1.54, 1.807) is 18.2 Å². The standard InChI is InChI=1S/C22H23N3O3.ClH/c1-14-18-7-2-3-8-19(18)25-22(27)20(14)15-5-4-6-16(11-15)21(26)24-13-17-12-23-9-10-28-17;/h2-8,11,17,23H,9-10,12-13H2,1H3,(H,24,26)(H,25,27);1H. The molecule has 1 aromatic heterocycles. The van der Waals surface area contributed by atoms with Crippen molar-refractivity contribution in [1.29, 1.82) is 0 Å². The van der Waals surface area contributed by atoms with Crippen LogP contribution in [0.15, 0.2) is 53.3 Å². The Morgan fingerprint density at radius 1 is 1.21 bits per heavy atom. The van der Waals surface area contributed by atoms with Crippen molar-refractivity contribution in [3.05, 3.63) is 70.0 Å². The van der Waals surface area contributed by atoms with Gasteiger partial charge in [-0.05, 0) is 36.2 Å². The number of ether oxygens (including phenoxy) is 1. The minimum atomic E-state index is -0.175. The van der Waals surface area contributed by atoms with Gasteiger partial charge in [-0.1, -0.05) is 30.3 Å². The number of aryl methyl sites for hydroxylation is 1. The largest absolute Gasteiger partial charge is 0.374 e. The predicted octanol–water partition coefficient (Wildman–Crippen LogP) is 2.64. The van der Waals surface area contributed by atoms with Crippen LogP contribution in [0.2, 0.25) is 0 Å². The van der Waals surface area contributed by atoms with Crippen LogP contribution in [-0.2, 0) is 4.74 Å². The molecular formula is C22H24ClN3O3. The number of para-hydroxylation sites is 1. The van der Waals surface area contributed by atoms with Crippen LogP contribution in [0, 0.1) is 6.92 Å². The van der Waals surface area contributed by atoms with Crippen LogP contribution in [0.5, 0.6) is 0 Å². The third-order valence-corrected chi connectivity index (χ3v) is 5.09. The molecule has 1 atom stereocenters. The molecule has 0 aliphatic carbocycles. The van der Waals surface area contributed by atoms with E-state index >= 15 is 0 Å². The second kappa shape index (κ2) is 9.22. The minimum absolute atomic E-state index is 0. The molecule has 2 aromatic carbocycles. The Labute approximate surface area is 175 Å². The Hall–Kier alpha value is -2.67. The number of halogens is 1. The number of pyridine rings is 1. The van der Waals surface area contributed by atoms with Crippen molar-refractivity contribution in [2.45, 2.75) is 13.0 Å². The molecule has 1 aliphatic rings. The van der Waals surface area contributed by atoms with Gasteiger partial charge in [0, 0.05) is 36.1 Å². The number of H-pyrrole nitrogens is 1. The molecule has 29 heavy (non-hydrogen) atoms. The van der Waals surface area contributed by atoms with Crippen molar-refractivity contribution in [2.24, 2.45) is 0 Å². The fourth-order valence-electron chi connectivity index (χ4n) is 3.63. The second-order valence-electron chi connectivity index (χ2n) is 6.99. The topological polar surface area (TPSA) is 83.2 Å². The number of hydrogen-bond donors (Lipinski definition) is 3. The summed E-state index contributed by atoms with van der Waals surface area (Å²) in [5.41, 5.74) is 3.40. The molecule has 7 heteroatoms. The van der Waals surface area contributed by atoms with E-state index in [-0.39, 0.29) is 30.0 Å². The summed E-state index contributed by atoms with van der Waals surface area (Å²) in [5, 5.41) is 7.15. The first-order valence-corrected chi connectivity index (χ1v) is 9.46. The van der Waals surface area contributed by atoms with Gasteiger partial charge in [-0.3, -0.25) is 9.59 Å². The molecule has 1 unspecified atom stereocenters. The lowest BCUT2D eigenvalue weighted by molar-refractivity contribution is 0.0287. The Morgan fingerprint density at radius 2 is 2.03 bits per heavy atom. The molecule has 0 saturated carbocycles. The van der Waals surface area contributed by atoms with Gasteiger partial charge in [-0.25, -0.2) is 0 Å². The minimum Gasteiger partial charge on any atom is -0.374 e. The SMILES string of the molecule is Cc1c(-c2cccc(C(=O)NCC3CNCCO3)c2)c(=O)[nH]c2ccccc12.Cl. The van der Waals surface area contributed by atoms with Gasteiger partial charge in [0.15, 0.2) is 0 Å². The van der Waals surface area contributed by atoms with Crippen molar-refractivity contribution >= 4 is 29.2 Å². The Bertz CT molecular complexity index is 1070. The number of morpholine rings is 1. The first kappa shape index (κ1) is 21.0. The maximum absolute atomic E-state index is 12.7. The first-order valence-electron chi connectivity index (χ1n) is 9.46.